The summed E-state index contributed by atoms with van der Waals surface area (Å²) in [5.74, 6) is -0.736. The summed E-state index contributed by atoms with van der Waals surface area (Å²) in [6, 6.07) is 0. The first-order valence-electron chi connectivity index (χ1n) is 5.81. The van der Waals surface area contributed by atoms with Crippen molar-refractivity contribution >= 4 is 23.2 Å². The lowest BCUT2D eigenvalue weighted by Crippen LogP contribution is -2.03. The fourth-order valence-corrected chi connectivity index (χ4v) is 2.62. The van der Waals surface area contributed by atoms with Crippen LogP contribution in [-0.2, 0) is 0 Å². The normalized spacial score (nSPS) is 12.8. The quantitative estimate of drug-likeness (QED) is 0.727. The Bertz CT molecular complexity index is 389. The van der Waals surface area contributed by atoms with E-state index in [1.165, 1.54) is 0 Å². The topological polar surface area (TPSA) is 20.2 Å². The van der Waals surface area contributed by atoms with Crippen molar-refractivity contribution in [1.29, 1.82) is 0 Å². The monoisotopic (exact) mass is 278 g/mol. The summed E-state index contributed by atoms with van der Waals surface area (Å²) in [5.41, 5.74) is 1.28. The average Bonchev–Trinajstić information content (AvgIpc) is 2.33. The Morgan fingerprint density at radius 1 is 1.24 bits per heavy atom. The molecule has 17 heavy (non-hydrogen) atoms. The van der Waals surface area contributed by atoms with E-state index >= 15 is 0 Å². The van der Waals surface area contributed by atoms with Crippen molar-refractivity contribution in [2.24, 2.45) is 0 Å². The Morgan fingerprint density at radius 2 is 1.82 bits per heavy atom. The number of halogens is 3. The van der Waals surface area contributed by atoms with Gasteiger partial charge in [0.2, 0.25) is 0 Å². The van der Waals surface area contributed by atoms with Crippen molar-refractivity contribution in [3.63, 3.8) is 0 Å². The first kappa shape index (κ1) is 14.6. The van der Waals surface area contributed by atoms with Crippen LogP contribution >= 0.6 is 23.2 Å². The van der Waals surface area contributed by atoms with E-state index in [0.717, 1.165) is 19.3 Å². The van der Waals surface area contributed by atoms with Crippen molar-refractivity contribution in [2.45, 2.75) is 46.0 Å². The molecule has 1 N–H and O–H groups in total. The van der Waals surface area contributed by atoms with Crippen LogP contribution in [0.15, 0.2) is 0 Å². The Hall–Kier alpha value is -0.470. The first-order chi connectivity index (χ1) is 7.95. The van der Waals surface area contributed by atoms with Gasteiger partial charge >= 0.3 is 0 Å². The van der Waals surface area contributed by atoms with Crippen LogP contribution in [0.3, 0.4) is 0 Å². The minimum Gasteiger partial charge on any atom is -0.506 e. The molecule has 1 aromatic carbocycles. The lowest BCUT2D eigenvalue weighted by atomic mass is 9.88. The molecule has 0 aliphatic carbocycles. The predicted octanol–water partition coefficient (Wildman–Crippen LogP) is 5.44. The number of phenolic OH excluding ortho intramolecular Hbond substituents is 1. The minimum absolute atomic E-state index is 0.0114. The van der Waals surface area contributed by atoms with Crippen LogP contribution in [0.25, 0.3) is 0 Å². The summed E-state index contributed by atoms with van der Waals surface area (Å²) >= 11 is 11.6. The predicted molar refractivity (Wildman–Crippen MR) is 70.8 cm³/mol. The molecule has 1 unspecified atom stereocenters. The number of rotatable bonds is 4. The maximum Gasteiger partial charge on any atom is 0.164 e. The Labute approximate surface area is 112 Å². The van der Waals surface area contributed by atoms with Gasteiger partial charge in [-0.3, -0.25) is 0 Å². The van der Waals surface area contributed by atoms with E-state index in [1.807, 2.05) is 6.92 Å². The second-order valence-corrected chi connectivity index (χ2v) is 4.98. The molecule has 0 amide bonds. The van der Waals surface area contributed by atoms with Crippen LogP contribution in [0, 0.1) is 12.7 Å². The third-order valence-electron chi connectivity index (χ3n) is 3.12. The van der Waals surface area contributed by atoms with Gasteiger partial charge in [-0.1, -0.05) is 43.5 Å². The van der Waals surface area contributed by atoms with Gasteiger partial charge in [0.25, 0.3) is 0 Å². The second kappa shape index (κ2) is 5.92. The zero-order valence-electron chi connectivity index (χ0n) is 10.3. The van der Waals surface area contributed by atoms with E-state index in [9.17, 15) is 9.50 Å². The molecule has 1 nitrogen and oxygen atoms in total. The molecule has 0 saturated carbocycles. The van der Waals surface area contributed by atoms with Crippen molar-refractivity contribution in [2.75, 3.05) is 0 Å². The summed E-state index contributed by atoms with van der Waals surface area (Å²) in [5, 5.41) is 9.72. The second-order valence-electron chi connectivity index (χ2n) is 4.22. The summed E-state index contributed by atoms with van der Waals surface area (Å²) < 4.78 is 13.6. The van der Waals surface area contributed by atoms with E-state index < -0.39 is 5.82 Å². The van der Waals surface area contributed by atoms with E-state index in [2.05, 4.69) is 6.92 Å². The number of aromatic hydroxyl groups is 1. The third kappa shape index (κ3) is 2.69. The highest BCUT2D eigenvalue weighted by Gasteiger charge is 2.24. The van der Waals surface area contributed by atoms with E-state index in [0.29, 0.717) is 11.1 Å². The van der Waals surface area contributed by atoms with Gasteiger partial charge < -0.3 is 5.11 Å². The van der Waals surface area contributed by atoms with Crippen LogP contribution in [-0.4, -0.2) is 5.11 Å². The number of hydrogen-bond donors (Lipinski definition) is 1. The van der Waals surface area contributed by atoms with Crippen LogP contribution < -0.4 is 0 Å². The van der Waals surface area contributed by atoms with Gasteiger partial charge in [-0.2, -0.15) is 0 Å². The van der Waals surface area contributed by atoms with Gasteiger partial charge in [-0.25, -0.2) is 4.39 Å². The van der Waals surface area contributed by atoms with Gasteiger partial charge in [-0.15, -0.1) is 0 Å². The molecule has 4 heteroatoms. The molecule has 0 aliphatic heterocycles. The minimum atomic E-state index is -0.738. The fourth-order valence-electron chi connectivity index (χ4n) is 2.18. The zero-order valence-corrected chi connectivity index (χ0v) is 11.8. The summed E-state index contributed by atoms with van der Waals surface area (Å²) in [7, 11) is 0. The van der Waals surface area contributed by atoms with E-state index in [4.69, 9.17) is 23.2 Å². The first-order valence-corrected chi connectivity index (χ1v) is 6.57. The SMILES string of the molecule is CCCC(CC)c1c(C)c(Cl)c(F)c(Cl)c1O. The van der Waals surface area contributed by atoms with Gasteiger partial charge in [-0.05, 0) is 31.2 Å². The van der Waals surface area contributed by atoms with Crippen molar-refractivity contribution < 1.29 is 9.50 Å². The van der Waals surface area contributed by atoms with Crippen molar-refractivity contribution in [1.82, 2.24) is 0 Å². The third-order valence-corrected chi connectivity index (χ3v) is 3.91. The van der Waals surface area contributed by atoms with Gasteiger partial charge in [0.05, 0.1) is 5.02 Å². The summed E-state index contributed by atoms with van der Waals surface area (Å²) in [6.45, 7) is 5.82. The van der Waals surface area contributed by atoms with Gasteiger partial charge in [0.15, 0.2) is 5.82 Å². The molecule has 0 saturated heterocycles. The van der Waals surface area contributed by atoms with E-state index in [1.54, 1.807) is 6.92 Å². The molecule has 0 bridgehead atoms. The molecule has 0 radical (unpaired) electrons. The summed E-state index contributed by atoms with van der Waals surface area (Å²) in [4.78, 5) is 0. The molecule has 0 spiro atoms. The number of benzene rings is 1. The highest BCUT2D eigenvalue weighted by Crippen LogP contribution is 2.43. The van der Waals surface area contributed by atoms with Crippen LogP contribution in [0.4, 0.5) is 4.39 Å². The molecular weight excluding hydrogens is 262 g/mol. The summed E-state index contributed by atoms with van der Waals surface area (Å²) in [6.07, 6.45) is 2.77. The largest absolute Gasteiger partial charge is 0.506 e. The number of phenols is 1. The smallest absolute Gasteiger partial charge is 0.164 e. The zero-order chi connectivity index (χ0) is 13.2. The standard InChI is InChI=1S/C13H17Cl2FO/c1-4-6-8(5-2)9-7(3)10(14)12(16)11(15)13(9)17/h8,17H,4-6H2,1-3H3. The molecule has 0 aromatic heterocycles. The highest BCUT2D eigenvalue weighted by atomic mass is 35.5. The lowest BCUT2D eigenvalue weighted by Gasteiger charge is -2.20. The molecule has 1 aromatic rings. The maximum absolute atomic E-state index is 13.6. The van der Waals surface area contributed by atoms with E-state index in [-0.39, 0.29) is 21.7 Å². The molecule has 1 atom stereocenters. The highest BCUT2D eigenvalue weighted by molar-refractivity contribution is 6.36. The molecule has 1 rings (SSSR count). The maximum atomic E-state index is 13.6. The Kier molecular flexibility index (Phi) is 5.08. The molecule has 0 heterocycles. The Balaban J connectivity index is 3.41. The van der Waals surface area contributed by atoms with Gasteiger partial charge in [0, 0.05) is 5.56 Å². The fraction of sp³-hybridized carbons (Fsp3) is 0.538. The molecule has 0 aliphatic rings. The molecule has 0 fully saturated rings. The van der Waals surface area contributed by atoms with Crippen molar-refractivity contribution in [3.8, 4) is 5.75 Å². The molecule has 96 valence electrons. The van der Waals surface area contributed by atoms with Crippen LogP contribution in [0.5, 0.6) is 5.75 Å². The van der Waals surface area contributed by atoms with Gasteiger partial charge in [0.1, 0.15) is 10.8 Å². The lowest BCUT2D eigenvalue weighted by molar-refractivity contribution is 0.447. The molecular formula is C13H17Cl2FO. The Morgan fingerprint density at radius 3 is 2.29 bits per heavy atom. The van der Waals surface area contributed by atoms with Crippen LogP contribution in [0.2, 0.25) is 10.0 Å². The van der Waals surface area contributed by atoms with Crippen LogP contribution in [0.1, 0.15) is 50.2 Å². The average molecular weight is 279 g/mol. The number of hydrogen-bond acceptors (Lipinski definition) is 1. The van der Waals surface area contributed by atoms with Crippen molar-refractivity contribution in [3.05, 3.63) is 27.0 Å².